The van der Waals surface area contributed by atoms with Gasteiger partial charge in [0.2, 0.25) is 17.0 Å². The van der Waals surface area contributed by atoms with Gasteiger partial charge >= 0.3 is 11.9 Å². The second-order valence-electron chi connectivity index (χ2n) is 7.86. The Morgan fingerprint density at radius 2 is 2.15 bits per heavy atom. The zero-order valence-corrected chi connectivity index (χ0v) is 20.0. The van der Waals surface area contributed by atoms with Crippen LogP contribution >= 0.6 is 23.5 Å². The molecule has 4 atom stereocenters. The van der Waals surface area contributed by atoms with Gasteiger partial charge in [-0.3, -0.25) is 19.2 Å². The number of fused-ring (bicyclic) bond motifs is 1. The minimum absolute atomic E-state index is 0. The second kappa shape index (κ2) is 11.6. The summed E-state index contributed by atoms with van der Waals surface area (Å²) >= 11 is 2.52. The lowest BCUT2D eigenvalue weighted by Crippen LogP contribution is -2.74. The van der Waals surface area contributed by atoms with Gasteiger partial charge < -0.3 is 32.3 Å². The molecular formula is C18H28N8O6S2. The number of thioether (sulfide) groups is 2. The fourth-order valence-electron chi connectivity index (χ4n) is 3.50. The van der Waals surface area contributed by atoms with Gasteiger partial charge in [0.05, 0.1) is 6.54 Å². The summed E-state index contributed by atoms with van der Waals surface area (Å²) in [7, 11) is 0. The minimum atomic E-state index is -1.19. The number of aromatic nitrogens is 4. The van der Waals surface area contributed by atoms with Crippen LogP contribution in [0, 0.1) is 5.41 Å². The highest BCUT2D eigenvalue weighted by Crippen LogP contribution is 2.44. The van der Waals surface area contributed by atoms with Crippen molar-refractivity contribution in [2.24, 2.45) is 11.1 Å². The number of nitrogens with two attached hydrogens (primary N) is 1. The van der Waals surface area contributed by atoms with Crippen LogP contribution in [0.3, 0.4) is 0 Å². The number of nitrogens with zero attached hydrogens (tertiary/aromatic N) is 5. The van der Waals surface area contributed by atoms with Gasteiger partial charge in [0.25, 0.3) is 0 Å². The van der Waals surface area contributed by atoms with Crippen LogP contribution in [-0.4, -0.2) is 94.6 Å². The SMILES string of the molecule is C=CCn1nnnc1SCC1(C(=O)O)CS[C@@H]2C(NC(=O)CCCC(N)C(=O)O)C(=O)N2C1.N. The summed E-state index contributed by atoms with van der Waals surface area (Å²) in [5.41, 5.74) is 4.23. The van der Waals surface area contributed by atoms with Crippen molar-refractivity contribution >= 4 is 47.3 Å². The van der Waals surface area contributed by atoms with Crippen molar-refractivity contribution in [3.05, 3.63) is 12.7 Å². The first-order valence-corrected chi connectivity index (χ1v) is 12.1. The van der Waals surface area contributed by atoms with E-state index in [2.05, 4.69) is 27.4 Å². The molecule has 3 rings (SSSR count). The molecule has 2 amide bonds. The molecule has 3 unspecified atom stereocenters. The number of rotatable bonds is 12. The number of tetrazole rings is 1. The van der Waals surface area contributed by atoms with Crippen LogP contribution in [0.15, 0.2) is 17.8 Å². The number of carbonyl (C=O) groups excluding carboxylic acids is 2. The third-order valence-corrected chi connectivity index (χ3v) is 8.26. The topological polar surface area (TPSA) is 229 Å². The van der Waals surface area contributed by atoms with Crippen molar-refractivity contribution in [1.82, 2.24) is 36.6 Å². The molecule has 16 heteroatoms. The third kappa shape index (κ3) is 5.86. The number of hydrogen-bond donors (Lipinski definition) is 5. The molecule has 1 aromatic heterocycles. The zero-order valence-electron chi connectivity index (χ0n) is 18.3. The van der Waals surface area contributed by atoms with Crippen molar-refractivity contribution in [3.8, 4) is 0 Å². The van der Waals surface area contributed by atoms with Crippen LogP contribution in [0.1, 0.15) is 19.3 Å². The summed E-state index contributed by atoms with van der Waals surface area (Å²) in [5.74, 6) is -2.42. The summed E-state index contributed by atoms with van der Waals surface area (Å²) in [6.07, 6.45) is 2.12. The van der Waals surface area contributed by atoms with Gasteiger partial charge in [-0.2, -0.15) is 0 Å². The Morgan fingerprint density at radius 3 is 2.79 bits per heavy atom. The molecule has 0 aromatic carbocycles. The third-order valence-electron chi connectivity index (χ3n) is 5.43. The second-order valence-corrected chi connectivity index (χ2v) is 9.90. The quantitative estimate of drug-likeness (QED) is 0.130. The molecule has 1 aromatic rings. The number of carboxylic acids is 2. The molecule has 0 radical (unpaired) electrons. The van der Waals surface area contributed by atoms with Crippen LogP contribution in [0.5, 0.6) is 0 Å². The summed E-state index contributed by atoms with van der Waals surface area (Å²) in [6, 6.07) is -1.76. The number of carboxylic acid groups (broad SMARTS) is 2. The Bertz CT molecular complexity index is 945. The highest BCUT2D eigenvalue weighted by Gasteiger charge is 2.57. The largest absolute Gasteiger partial charge is 0.481 e. The molecule has 34 heavy (non-hydrogen) atoms. The summed E-state index contributed by atoms with van der Waals surface area (Å²) in [6.45, 7) is 4.05. The van der Waals surface area contributed by atoms with E-state index >= 15 is 0 Å². The number of aliphatic carboxylic acids is 2. The summed E-state index contributed by atoms with van der Waals surface area (Å²) < 4.78 is 1.51. The monoisotopic (exact) mass is 516 g/mol. The van der Waals surface area contributed by atoms with Gasteiger partial charge in [-0.05, 0) is 23.3 Å². The first-order valence-electron chi connectivity index (χ1n) is 10.1. The lowest BCUT2D eigenvalue weighted by Gasteiger charge is -2.53. The van der Waals surface area contributed by atoms with E-state index in [-0.39, 0.29) is 60.7 Å². The van der Waals surface area contributed by atoms with Gasteiger partial charge in [-0.25, -0.2) is 4.68 Å². The van der Waals surface area contributed by atoms with Crippen molar-refractivity contribution < 1.29 is 29.4 Å². The first-order chi connectivity index (χ1) is 15.7. The maximum absolute atomic E-state index is 12.6. The highest BCUT2D eigenvalue weighted by atomic mass is 32.2. The number of β-lactam (4-membered cyclic amide) rings is 1. The smallest absolute Gasteiger partial charge is 0.320 e. The normalized spacial score (nSPS) is 24.3. The van der Waals surface area contributed by atoms with Crippen LogP contribution in [0.2, 0.25) is 0 Å². The average Bonchev–Trinajstić information content (AvgIpc) is 3.22. The summed E-state index contributed by atoms with van der Waals surface area (Å²) in [4.78, 5) is 49.2. The maximum atomic E-state index is 12.6. The lowest BCUT2D eigenvalue weighted by atomic mass is 9.89. The van der Waals surface area contributed by atoms with E-state index in [1.54, 1.807) is 6.08 Å². The molecule has 8 N–H and O–H groups in total. The van der Waals surface area contributed by atoms with Crippen LogP contribution < -0.4 is 17.2 Å². The molecule has 0 saturated carbocycles. The zero-order chi connectivity index (χ0) is 24.2. The fraction of sp³-hybridized carbons (Fsp3) is 0.611. The Morgan fingerprint density at radius 1 is 1.41 bits per heavy atom. The van der Waals surface area contributed by atoms with Crippen LogP contribution in [0.4, 0.5) is 0 Å². The number of allylic oxidation sites excluding steroid dienone is 1. The molecule has 0 bridgehead atoms. The Hall–Kier alpha value is -2.69. The number of hydrogen-bond acceptors (Lipinski definition) is 11. The molecule has 2 aliphatic rings. The highest BCUT2D eigenvalue weighted by molar-refractivity contribution is 8.00. The predicted octanol–water partition coefficient (Wildman–Crippen LogP) is -0.834. The average molecular weight is 517 g/mol. The first kappa shape index (κ1) is 27.6. The predicted molar refractivity (Wildman–Crippen MR) is 123 cm³/mol. The van der Waals surface area contributed by atoms with Gasteiger partial charge in [-0.15, -0.1) is 23.4 Å². The van der Waals surface area contributed by atoms with E-state index in [0.717, 1.165) is 0 Å². The number of nitrogens with one attached hydrogen (secondary N) is 1. The number of carbonyl (C=O) groups is 4. The number of amides is 2. The van der Waals surface area contributed by atoms with E-state index in [0.29, 0.717) is 11.7 Å². The molecule has 14 nitrogen and oxygen atoms in total. The van der Waals surface area contributed by atoms with Crippen molar-refractivity contribution in [2.45, 2.75) is 48.4 Å². The summed E-state index contributed by atoms with van der Waals surface area (Å²) in [5, 5.41) is 32.9. The van der Waals surface area contributed by atoms with Crippen molar-refractivity contribution in [3.63, 3.8) is 0 Å². The van der Waals surface area contributed by atoms with E-state index in [4.69, 9.17) is 10.8 Å². The molecule has 2 fully saturated rings. The van der Waals surface area contributed by atoms with Gasteiger partial charge in [-0.1, -0.05) is 17.8 Å². The molecule has 188 valence electrons. The Balaban J connectivity index is 0.00000408. The van der Waals surface area contributed by atoms with Crippen LogP contribution in [-0.2, 0) is 25.7 Å². The van der Waals surface area contributed by atoms with Gasteiger partial charge in [0, 0.05) is 24.5 Å². The molecule has 2 aliphatic heterocycles. The molecule has 0 aliphatic carbocycles. The minimum Gasteiger partial charge on any atom is -0.481 e. The van der Waals surface area contributed by atoms with Gasteiger partial charge in [0.15, 0.2) is 0 Å². The maximum Gasteiger partial charge on any atom is 0.320 e. The van der Waals surface area contributed by atoms with Crippen molar-refractivity contribution in [1.29, 1.82) is 0 Å². The molecular weight excluding hydrogens is 488 g/mol. The van der Waals surface area contributed by atoms with E-state index < -0.39 is 29.4 Å². The molecule has 0 spiro atoms. The molecule has 2 saturated heterocycles. The van der Waals surface area contributed by atoms with Crippen LogP contribution in [0.25, 0.3) is 0 Å². The Kier molecular flexibility index (Phi) is 9.43. The lowest BCUT2D eigenvalue weighted by molar-refractivity contribution is -0.157. The standard InChI is InChI=1S/C18H25N7O6S2.H3N/c1-2-6-25-17(21-22-23-25)33-9-18(16(30)31)7-24-13(27)12(14(24)32-8-18)20-11(26)5-3-4-10(19)15(28)29;/h2,10,12,14H,1,3-9,19H2,(H,20,26)(H,28,29)(H,30,31);1H3/t10?,12?,14-,18?;/m1./s1. The van der Waals surface area contributed by atoms with E-state index in [9.17, 15) is 24.3 Å². The van der Waals surface area contributed by atoms with Gasteiger partial charge in [0.1, 0.15) is 22.9 Å². The van der Waals surface area contributed by atoms with E-state index in [1.165, 1.54) is 33.1 Å². The van der Waals surface area contributed by atoms with E-state index in [1.807, 2.05) is 0 Å². The Labute approximate surface area is 203 Å². The molecule has 3 heterocycles. The van der Waals surface area contributed by atoms with Crippen molar-refractivity contribution in [2.75, 3.05) is 18.1 Å². The fourth-order valence-corrected chi connectivity index (χ4v) is 6.24.